The number of aryl methyl sites for hydroxylation is 2. The van der Waals surface area contributed by atoms with Crippen LogP contribution in [0.4, 0.5) is 5.82 Å². The number of aromatic nitrogens is 2. The highest BCUT2D eigenvalue weighted by atomic mass is 32.2. The first-order chi connectivity index (χ1) is 11.3. The first kappa shape index (κ1) is 16.9. The topological polar surface area (TPSA) is 83.5 Å². The van der Waals surface area contributed by atoms with Crippen molar-refractivity contribution in [2.75, 3.05) is 36.8 Å². The van der Waals surface area contributed by atoms with E-state index in [1.54, 1.807) is 12.3 Å². The van der Waals surface area contributed by atoms with Crippen LogP contribution in [0, 0.1) is 19.8 Å². The SMILES string of the molecule is Cc1cnc(C)c(N2CCN(C(=O)C[C@@H]3C=CS(=O)(=O)C3)CC2)n1. The Morgan fingerprint density at radius 1 is 1.25 bits per heavy atom. The van der Waals surface area contributed by atoms with Gasteiger partial charge in [0, 0.05) is 50.1 Å². The largest absolute Gasteiger partial charge is 0.352 e. The molecule has 0 bridgehead atoms. The highest BCUT2D eigenvalue weighted by Crippen LogP contribution is 2.21. The Bertz CT molecular complexity index is 768. The molecule has 1 atom stereocenters. The van der Waals surface area contributed by atoms with Crippen LogP contribution in [-0.2, 0) is 14.6 Å². The Balaban J connectivity index is 1.56. The van der Waals surface area contributed by atoms with Crippen LogP contribution in [-0.4, -0.2) is 61.1 Å². The third-order valence-electron chi connectivity index (χ3n) is 4.42. The van der Waals surface area contributed by atoms with E-state index in [9.17, 15) is 13.2 Å². The summed E-state index contributed by atoms with van der Waals surface area (Å²) in [5, 5.41) is 1.22. The van der Waals surface area contributed by atoms with Gasteiger partial charge >= 0.3 is 0 Å². The van der Waals surface area contributed by atoms with Gasteiger partial charge in [-0.2, -0.15) is 0 Å². The van der Waals surface area contributed by atoms with E-state index in [1.165, 1.54) is 5.41 Å². The molecule has 1 amide bonds. The Morgan fingerprint density at radius 3 is 2.58 bits per heavy atom. The van der Waals surface area contributed by atoms with Gasteiger partial charge < -0.3 is 9.80 Å². The molecule has 1 aromatic rings. The number of amides is 1. The zero-order valence-corrected chi connectivity index (χ0v) is 14.8. The average molecular weight is 350 g/mol. The van der Waals surface area contributed by atoms with Crippen LogP contribution < -0.4 is 4.90 Å². The van der Waals surface area contributed by atoms with Crippen molar-refractivity contribution in [2.45, 2.75) is 20.3 Å². The fourth-order valence-electron chi connectivity index (χ4n) is 3.11. The summed E-state index contributed by atoms with van der Waals surface area (Å²) >= 11 is 0. The van der Waals surface area contributed by atoms with Gasteiger partial charge in [0.15, 0.2) is 9.84 Å². The van der Waals surface area contributed by atoms with E-state index >= 15 is 0 Å². The van der Waals surface area contributed by atoms with E-state index in [0.717, 1.165) is 17.2 Å². The quantitative estimate of drug-likeness (QED) is 0.798. The summed E-state index contributed by atoms with van der Waals surface area (Å²) in [4.78, 5) is 25.2. The number of carbonyl (C=O) groups excluding carboxylic acids is 1. The predicted molar refractivity (Wildman–Crippen MR) is 91.3 cm³/mol. The lowest BCUT2D eigenvalue weighted by Gasteiger charge is -2.36. The number of carbonyl (C=O) groups is 1. The number of anilines is 1. The smallest absolute Gasteiger partial charge is 0.223 e. The molecule has 2 aliphatic heterocycles. The minimum Gasteiger partial charge on any atom is -0.352 e. The summed E-state index contributed by atoms with van der Waals surface area (Å²) in [5.41, 5.74) is 1.77. The van der Waals surface area contributed by atoms with Crippen LogP contribution >= 0.6 is 0 Å². The molecule has 0 aliphatic carbocycles. The van der Waals surface area contributed by atoms with Crippen LogP contribution in [0.15, 0.2) is 17.7 Å². The molecule has 7 nitrogen and oxygen atoms in total. The number of piperazine rings is 1. The fourth-order valence-corrected chi connectivity index (χ4v) is 4.51. The summed E-state index contributed by atoms with van der Waals surface area (Å²) in [6.45, 7) is 6.52. The van der Waals surface area contributed by atoms with Gasteiger partial charge in [-0.25, -0.2) is 13.4 Å². The van der Waals surface area contributed by atoms with Crippen molar-refractivity contribution in [3.8, 4) is 0 Å². The maximum absolute atomic E-state index is 12.4. The third kappa shape index (κ3) is 3.75. The Morgan fingerprint density at radius 2 is 1.96 bits per heavy atom. The summed E-state index contributed by atoms with van der Waals surface area (Å²) in [5.74, 6) is 0.766. The molecular weight excluding hydrogens is 328 g/mol. The minimum absolute atomic E-state index is 0.0217. The maximum atomic E-state index is 12.4. The molecule has 0 saturated carbocycles. The van der Waals surface area contributed by atoms with Gasteiger partial charge in [0.2, 0.25) is 5.91 Å². The summed E-state index contributed by atoms with van der Waals surface area (Å²) in [6.07, 6.45) is 3.65. The van der Waals surface area contributed by atoms with Crippen LogP contribution in [0.5, 0.6) is 0 Å². The summed E-state index contributed by atoms with van der Waals surface area (Å²) < 4.78 is 22.9. The van der Waals surface area contributed by atoms with Crippen molar-refractivity contribution in [1.29, 1.82) is 0 Å². The van der Waals surface area contributed by atoms with Crippen molar-refractivity contribution in [1.82, 2.24) is 14.9 Å². The second-order valence-corrected chi connectivity index (χ2v) is 8.34. The lowest BCUT2D eigenvalue weighted by atomic mass is 10.1. The monoisotopic (exact) mass is 350 g/mol. The Labute approximate surface area is 142 Å². The van der Waals surface area contributed by atoms with E-state index in [-0.39, 0.29) is 24.0 Å². The summed E-state index contributed by atoms with van der Waals surface area (Å²) in [7, 11) is -3.10. The number of sulfone groups is 1. The number of allylic oxidation sites excluding steroid dienone is 1. The van der Waals surface area contributed by atoms with E-state index in [1.807, 2.05) is 18.7 Å². The third-order valence-corrected chi connectivity index (χ3v) is 5.89. The molecule has 0 aromatic carbocycles. The predicted octanol–water partition coefficient (Wildman–Crippen LogP) is 0.690. The highest BCUT2D eigenvalue weighted by molar-refractivity contribution is 7.94. The van der Waals surface area contributed by atoms with Crippen LogP contribution in [0.25, 0.3) is 0 Å². The highest BCUT2D eigenvalue weighted by Gasteiger charge is 2.28. The molecular formula is C16H22N4O3S. The van der Waals surface area contributed by atoms with Gasteiger partial charge in [0.25, 0.3) is 0 Å². The van der Waals surface area contributed by atoms with Gasteiger partial charge in [-0.05, 0) is 13.8 Å². The van der Waals surface area contributed by atoms with Crippen molar-refractivity contribution in [2.24, 2.45) is 5.92 Å². The van der Waals surface area contributed by atoms with E-state index in [0.29, 0.717) is 26.2 Å². The van der Waals surface area contributed by atoms with Gasteiger partial charge in [-0.1, -0.05) is 6.08 Å². The molecule has 0 spiro atoms. The molecule has 2 aliphatic rings. The molecule has 0 N–H and O–H groups in total. The lowest BCUT2D eigenvalue weighted by Crippen LogP contribution is -2.49. The van der Waals surface area contributed by atoms with E-state index in [4.69, 9.17) is 0 Å². The van der Waals surface area contributed by atoms with Crippen molar-refractivity contribution in [3.05, 3.63) is 29.1 Å². The molecule has 8 heteroatoms. The number of nitrogens with zero attached hydrogens (tertiary/aromatic N) is 4. The second-order valence-electron chi connectivity index (χ2n) is 6.41. The molecule has 24 heavy (non-hydrogen) atoms. The number of hydrogen-bond donors (Lipinski definition) is 0. The van der Waals surface area contributed by atoms with Crippen molar-refractivity contribution in [3.63, 3.8) is 0 Å². The van der Waals surface area contributed by atoms with Crippen molar-refractivity contribution < 1.29 is 13.2 Å². The average Bonchev–Trinajstić information content (AvgIpc) is 2.88. The van der Waals surface area contributed by atoms with Gasteiger partial charge in [0.1, 0.15) is 5.82 Å². The molecule has 1 saturated heterocycles. The zero-order valence-electron chi connectivity index (χ0n) is 14.0. The maximum Gasteiger partial charge on any atom is 0.223 e. The minimum atomic E-state index is -3.10. The lowest BCUT2D eigenvalue weighted by molar-refractivity contribution is -0.132. The zero-order chi connectivity index (χ0) is 17.3. The molecule has 1 aromatic heterocycles. The summed E-state index contributed by atoms with van der Waals surface area (Å²) in [6, 6.07) is 0. The number of hydrogen-bond acceptors (Lipinski definition) is 6. The standard InChI is InChI=1S/C16H22N4O3S/c1-12-10-17-13(2)16(18-12)20-6-4-19(5-7-20)15(21)9-14-3-8-24(22,23)11-14/h3,8,10,14H,4-7,9,11H2,1-2H3/t14-/m0/s1. The van der Waals surface area contributed by atoms with Gasteiger partial charge in [0.05, 0.1) is 17.1 Å². The van der Waals surface area contributed by atoms with E-state index in [2.05, 4.69) is 14.9 Å². The van der Waals surface area contributed by atoms with Gasteiger partial charge in [-0.15, -0.1) is 0 Å². The normalized spacial score (nSPS) is 22.8. The first-order valence-corrected chi connectivity index (χ1v) is 9.79. The molecule has 130 valence electrons. The van der Waals surface area contributed by atoms with Crippen molar-refractivity contribution >= 4 is 21.6 Å². The Hall–Kier alpha value is -1.96. The molecule has 0 unspecified atom stereocenters. The molecule has 3 rings (SSSR count). The van der Waals surface area contributed by atoms with Crippen LogP contribution in [0.3, 0.4) is 0 Å². The second kappa shape index (κ2) is 6.51. The molecule has 1 fully saturated rings. The van der Waals surface area contributed by atoms with Gasteiger partial charge in [-0.3, -0.25) is 9.78 Å². The fraction of sp³-hybridized carbons (Fsp3) is 0.562. The first-order valence-electron chi connectivity index (χ1n) is 8.08. The van der Waals surface area contributed by atoms with Crippen LogP contribution in [0.2, 0.25) is 0 Å². The number of rotatable bonds is 3. The Kier molecular flexibility index (Phi) is 4.58. The molecule has 3 heterocycles. The van der Waals surface area contributed by atoms with E-state index < -0.39 is 9.84 Å². The van der Waals surface area contributed by atoms with Crippen LogP contribution in [0.1, 0.15) is 17.8 Å². The molecule has 0 radical (unpaired) electrons.